The first-order valence-corrected chi connectivity index (χ1v) is 9.19. The first-order chi connectivity index (χ1) is 13.1. The number of carbonyl (C=O) groups excluding carboxylic acids is 1. The zero-order chi connectivity index (χ0) is 19.2. The molecular formula is C20H20N2O4S. The van der Waals surface area contributed by atoms with Crippen molar-refractivity contribution >= 4 is 34.6 Å². The average molecular weight is 384 g/mol. The van der Waals surface area contributed by atoms with Gasteiger partial charge < -0.3 is 19.5 Å². The molecule has 0 spiro atoms. The highest BCUT2D eigenvalue weighted by molar-refractivity contribution is 8.18. The van der Waals surface area contributed by atoms with Crippen LogP contribution in [0.15, 0.2) is 52.4 Å². The van der Waals surface area contributed by atoms with Crippen LogP contribution in [0.4, 0.5) is 5.69 Å². The van der Waals surface area contributed by atoms with E-state index in [4.69, 9.17) is 14.2 Å². The largest absolute Gasteiger partial charge is 0.497 e. The second kappa shape index (κ2) is 8.64. The van der Waals surface area contributed by atoms with Crippen LogP contribution in [0.3, 0.4) is 0 Å². The molecule has 6 nitrogen and oxygen atoms in total. The third kappa shape index (κ3) is 4.62. The molecule has 3 rings (SSSR count). The molecule has 0 aliphatic carbocycles. The summed E-state index contributed by atoms with van der Waals surface area (Å²) in [6, 6.07) is 12.8. The molecule has 2 aromatic rings. The lowest BCUT2D eigenvalue weighted by Crippen LogP contribution is -2.19. The molecule has 2 aromatic carbocycles. The number of hydrogen-bond acceptors (Lipinski definition) is 6. The summed E-state index contributed by atoms with van der Waals surface area (Å²) in [7, 11) is 3.18. The average Bonchev–Trinajstić information content (AvgIpc) is 3.02. The van der Waals surface area contributed by atoms with E-state index in [2.05, 4.69) is 10.3 Å². The number of aliphatic imine (C=N–C) groups is 1. The number of nitrogens with one attached hydrogen (secondary N) is 1. The summed E-state index contributed by atoms with van der Waals surface area (Å²) in [5.74, 6) is 1.94. The predicted octanol–water partition coefficient (Wildman–Crippen LogP) is 3.99. The number of amidine groups is 1. The molecule has 1 aliphatic rings. The summed E-state index contributed by atoms with van der Waals surface area (Å²) in [6.45, 7) is 2.55. The van der Waals surface area contributed by atoms with Gasteiger partial charge in [-0.15, -0.1) is 0 Å². The third-order valence-electron chi connectivity index (χ3n) is 3.75. The molecule has 1 aliphatic heterocycles. The monoisotopic (exact) mass is 384 g/mol. The van der Waals surface area contributed by atoms with E-state index in [-0.39, 0.29) is 5.91 Å². The van der Waals surface area contributed by atoms with Crippen LogP contribution < -0.4 is 19.5 Å². The molecule has 0 unspecified atom stereocenters. The SMILES string of the molecule is CCOc1ccc(N=C2NC(=O)/C(=C/c3cc(OC)ccc3OC)S2)cc1. The van der Waals surface area contributed by atoms with Crippen molar-refractivity contribution < 1.29 is 19.0 Å². The van der Waals surface area contributed by atoms with Crippen LogP contribution in [0, 0.1) is 0 Å². The minimum Gasteiger partial charge on any atom is -0.497 e. The van der Waals surface area contributed by atoms with E-state index in [1.165, 1.54) is 11.8 Å². The number of rotatable bonds is 6. The number of benzene rings is 2. The summed E-state index contributed by atoms with van der Waals surface area (Å²) in [5, 5.41) is 3.31. The molecule has 140 valence electrons. The maximum absolute atomic E-state index is 12.3. The van der Waals surface area contributed by atoms with Crippen LogP contribution in [0.5, 0.6) is 17.2 Å². The Morgan fingerprint density at radius 1 is 1.07 bits per heavy atom. The van der Waals surface area contributed by atoms with Crippen molar-refractivity contribution in [1.82, 2.24) is 5.32 Å². The van der Waals surface area contributed by atoms with Gasteiger partial charge in [0, 0.05) is 5.56 Å². The Hall–Kier alpha value is -2.93. The Balaban J connectivity index is 1.82. The predicted molar refractivity (Wildman–Crippen MR) is 108 cm³/mol. The lowest BCUT2D eigenvalue weighted by atomic mass is 10.1. The summed E-state index contributed by atoms with van der Waals surface area (Å²) < 4.78 is 16.0. The molecule has 1 N–H and O–H groups in total. The van der Waals surface area contributed by atoms with E-state index >= 15 is 0 Å². The van der Waals surface area contributed by atoms with Gasteiger partial charge in [-0.3, -0.25) is 4.79 Å². The molecule has 1 heterocycles. The molecule has 1 saturated heterocycles. The Bertz CT molecular complexity index is 891. The van der Waals surface area contributed by atoms with Gasteiger partial charge in [0.05, 0.1) is 31.4 Å². The second-order valence-corrected chi connectivity index (χ2v) is 6.55. The van der Waals surface area contributed by atoms with Gasteiger partial charge in [0.25, 0.3) is 5.91 Å². The number of hydrogen-bond donors (Lipinski definition) is 1. The van der Waals surface area contributed by atoms with E-state index in [9.17, 15) is 4.79 Å². The standard InChI is InChI=1S/C20H20N2O4S/c1-4-26-15-7-5-14(6-8-15)21-20-22-19(23)18(27-20)12-13-11-16(24-2)9-10-17(13)25-3/h5-12H,4H2,1-3H3,(H,21,22,23)/b18-12-. The quantitative estimate of drug-likeness (QED) is 0.763. The molecule has 0 bridgehead atoms. The Morgan fingerprint density at radius 2 is 1.81 bits per heavy atom. The highest BCUT2D eigenvalue weighted by Gasteiger charge is 2.24. The van der Waals surface area contributed by atoms with E-state index in [1.54, 1.807) is 26.4 Å². The normalized spacial score (nSPS) is 16.5. The molecule has 0 saturated carbocycles. The van der Waals surface area contributed by atoms with Crippen molar-refractivity contribution in [2.24, 2.45) is 4.99 Å². The maximum atomic E-state index is 12.3. The van der Waals surface area contributed by atoms with Gasteiger partial charge in [-0.1, -0.05) is 0 Å². The Morgan fingerprint density at radius 3 is 2.48 bits per heavy atom. The fraction of sp³-hybridized carbons (Fsp3) is 0.200. The Kier molecular flexibility index (Phi) is 6.03. The summed E-state index contributed by atoms with van der Waals surface area (Å²) >= 11 is 1.28. The number of nitrogens with zero attached hydrogens (tertiary/aromatic N) is 1. The van der Waals surface area contributed by atoms with Crippen LogP contribution >= 0.6 is 11.8 Å². The lowest BCUT2D eigenvalue weighted by Gasteiger charge is -2.07. The van der Waals surface area contributed by atoms with Gasteiger partial charge in [-0.2, -0.15) is 0 Å². The van der Waals surface area contributed by atoms with Crippen molar-refractivity contribution in [3.63, 3.8) is 0 Å². The van der Waals surface area contributed by atoms with E-state index in [1.807, 2.05) is 43.3 Å². The highest BCUT2D eigenvalue weighted by atomic mass is 32.2. The highest BCUT2D eigenvalue weighted by Crippen LogP contribution is 2.32. The maximum Gasteiger partial charge on any atom is 0.264 e. The second-order valence-electron chi connectivity index (χ2n) is 5.52. The van der Waals surface area contributed by atoms with Gasteiger partial charge in [-0.05, 0) is 67.2 Å². The number of ether oxygens (including phenoxy) is 3. The first-order valence-electron chi connectivity index (χ1n) is 8.37. The molecule has 7 heteroatoms. The third-order valence-corrected chi connectivity index (χ3v) is 4.66. The molecule has 1 fully saturated rings. The van der Waals surface area contributed by atoms with Crippen LogP contribution in [0.1, 0.15) is 12.5 Å². The van der Waals surface area contributed by atoms with Gasteiger partial charge in [0.15, 0.2) is 5.17 Å². The number of amides is 1. The first kappa shape index (κ1) is 18.8. The summed E-state index contributed by atoms with van der Waals surface area (Å²) in [4.78, 5) is 17.3. The molecule has 0 atom stereocenters. The smallest absolute Gasteiger partial charge is 0.264 e. The molecule has 27 heavy (non-hydrogen) atoms. The lowest BCUT2D eigenvalue weighted by molar-refractivity contribution is -0.115. The van der Waals surface area contributed by atoms with Crippen molar-refractivity contribution in [1.29, 1.82) is 0 Å². The molecular weight excluding hydrogens is 364 g/mol. The van der Waals surface area contributed by atoms with Crippen molar-refractivity contribution in [3.8, 4) is 17.2 Å². The fourth-order valence-corrected chi connectivity index (χ4v) is 3.31. The van der Waals surface area contributed by atoms with Gasteiger partial charge in [0.2, 0.25) is 0 Å². The Labute approximate surface area is 162 Å². The van der Waals surface area contributed by atoms with Crippen LogP contribution in [0.2, 0.25) is 0 Å². The number of thioether (sulfide) groups is 1. The fourth-order valence-electron chi connectivity index (χ4n) is 2.47. The minimum atomic E-state index is -0.199. The van der Waals surface area contributed by atoms with Crippen molar-refractivity contribution in [2.45, 2.75) is 6.92 Å². The zero-order valence-electron chi connectivity index (χ0n) is 15.3. The molecule has 0 radical (unpaired) electrons. The molecule has 0 aromatic heterocycles. The summed E-state index contributed by atoms with van der Waals surface area (Å²) in [6.07, 6.45) is 1.77. The molecule has 1 amide bonds. The summed E-state index contributed by atoms with van der Waals surface area (Å²) in [5.41, 5.74) is 1.50. The topological polar surface area (TPSA) is 69.2 Å². The van der Waals surface area contributed by atoms with Crippen LogP contribution in [0.25, 0.3) is 6.08 Å². The zero-order valence-corrected chi connectivity index (χ0v) is 16.1. The minimum absolute atomic E-state index is 0.199. The van der Waals surface area contributed by atoms with Gasteiger partial charge >= 0.3 is 0 Å². The van der Waals surface area contributed by atoms with Crippen LogP contribution in [-0.2, 0) is 4.79 Å². The number of carbonyl (C=O) groups is 1. The van der Waals surface area contributed by atoms with Crippen LogP contribution in [-0.4, -0.2) is 31.9 Å². The van der Waals surface area contributed by atoms with E-state index < -0.39 is 0 Å². The van der Waals surface area contributed by atoms with E-state index in [0.717, 1.165) is 17.0 Å². The van der Waals surface area contributed by atoms with Gasteiger partial charge in [-0.25, -0.2) is 4.99 Å². The van der Waals surface area contributed by atoms with Gasteiger partial charge in [0.1, 0.15) is 17.2 Å². The van der Waals surface area contributed by atoms with E-state index in [0.29, 0.717) is 28.2 Å². The van der Waals surface area contributed by atoms with Crippen molar-refractivity contribution in [3.05, 3.63) is 52.9 Å². The van der Waals surface area contributed by atoms with Crippen molar-refractivity contribution in [2.75, 3.05) is 20.8 Å². The number of methoxy groups -OCH3 is 2.